The van der Waals surface area contributed by atoms with Crippen LogP contribution in [0.4, 0.5) is 23.1 Å². The Labute approximate surface area is 215 Å². The predicted molar refractivity (Wildman–Crippen MR) is 135 cm³/mol. The number of alkyl halides is 3. The van der Waals surface area contributed by atoms with Gasteiger partial charge in [0.2, 0.25) is 5.13 Å². The van der Waals surface area contributed by atoms with Crippen LogP contribution in [0.2, 0.25) is 0 Å². The zero-order valence-corrected chi connectivity index (χ0v) is 21.2. The summed E-state index contributed by atoms with van der Waals surface area (Å²) in [5.41, 5.74) is 6.22. The minimum atomic E-state index is -4.42. The molecule has 0 saturated heterocycles. The molecule has 4 rings (SSSR count). The highest BCUT2D eigenvalue weighted by Crippen LogP contribution is 2.34. The number of amides is 1. The normalized spacial score (nSPS) is 12.9. The molecule has 12 heteroatoms. The summed E-state index contributed by atoms with van der Waals surface area (Å²) in [6, 6.07) is 9.83. The fourth-order valence-electron chi connectivity index (χ4n) is 3.63. The number of ether oxygens (including phenoxy) is 1. The Hall–Kier alpha value is -3.64. The van der Waals surface area contributed by atoms with Crippen LogP contribution >= 0.6 is 11.3 Å². The molecule has 0 aliphatic rings. The quantitative estimate of drug-likeness (QED) is 0.352. The van der Waals surface area contributed by atoms with Crippen molar-refractivity contribution in [1.29, 1.82) is 0 Å². The molecule has 0 fully saturated rings. The summed E-state index contributed by atoms with van der Waals surface area (Å²) < 4.78 is 44.2. The number of nitrogens with zero attached hydrogens (tertiary/aromatic N) is 5. The van der Waals surface area contributed by atoms with Gasteiger partial charge in [-0.05, 0) is 44.9 Å². The van der Waals surface area contributed by atoms with Crippen LogP contribution in [0.25, 0.3) is 21.3 Å². The molecule has 0 aliphatic heterocycles. The number of nitrogens with two attached hydrogens (primary N) is 1. The molecule has 2 N–H and O–H groups in total. The molecule has 37 heavy (non-hydrogen) atoms. The van der Waals surface area contributed by atoms with Crippen molar-refractivity contribution in [2.24, 2.45) is 5.73 Å². The van der Waals surface area contributed by atoms with Crippen molar-refractivity contribution in [2.45, 2.75) is 45.0 Å². The van der Waals surface area contributed by atoms with Crippen LogP contribution in [0, 0.1) is 0 Å². The van der Waals surface area contributed by atoms with E-state index in [4.69, 9.17) is 10.5 Å². The Morgan fingerprint density at radius 3 is 2.43 bits per heavy atom. The van der Waals surface area contributed by atoms with Crippen LogP contribution in [0.5, 0.6) is 0 Å². The van der Waals surface area contributed by atoms with E-state index in [1.165, 1.54) is 28.4 Å². The first-order chi connectivity index (χ1) is 17.4. The monoisotopic (exact) mass is 530 g/mol. The fraction of sp³-hybridized carbons (Fsp3) is 0.320. The number of anilines is 1. The summed E-state index contributed by atoms with van der Waals surface area (Å²) in [5.74, 6) is 0. The third-order valence-corrected chi connectivity index (χ3v) is 6.26. The van der Waals surface area contributed by atoms with Gasteiger partial charge in [-0.2, -0.15) is 23.4 Å². The van der Waals surface area contributed by atoms with Crippen LogP contribution in [-0.2, 0) is 17.3 Å². The minimum absolute atomic E-state index is 0.0194. The van der Waals surface area contributed by atoms with E-state index >= 15 is 0 Å². The van der Waals surface area contributed by atoms with E-state index in [1.807, 2.05) is 18.2 Å². The standard InChI is InChI=1S/C25H25F3N6O2S/c1-24(2,3)36-23(35)34(14-18(29)11-15-7-9-17(10-8-15)25(26,27)28)22-33-32-21(37-22)19-6-4-5-16-12-30-31-13-20(16)19/h4-10,12-13,18H,11,14,29H2,1-3H3. The summed E-state index contributed by atoms with van der Waals surface area (Å²) in [4.78, 5) is 14.4. The van der Waals surface area contributed by atoms with Crippen LogP contribution in [0.3, 0.4) is 0 Å². The average molecular weight is 531 g/mol. The summed E-state index contributed by atoms with van der Waals surface area (Å²) >= 11 is 1.19. The zero-order valence-electron chi connectivity index (χ0n) is 20.4. The molecule has 2 heterocycles. The molecule has 194 valence electrons. The first-order valence-electron chi connectivity index (χ1n) is 11.4. The van der Waals surface area contributed by atoms with Crippen molar-refractivity contribution in [3.05, 3.63) is 66.0 Å². The second kappa shape index (κ2) is 10.4. The summed E-state index contributed by atoms with van der Waals surface area (Å²) in [6.45, 7) is 5.25. The molecule has 4 aromatic rings. The number of aromatic nitrogens is 4. The fourth-order valence-corrected chi connectivity index (χ4v) is 4.51. The van der Waals surface area contributed by atoms with Gasteiger partial charge in [0.05, 0.1) is 18.0 Å². The van der Waals surface area contributed by atoms with Gasteiger partial charge in [-0.25, -0.2) is 9.69 Å². The van der Waals surface area contributed by atoms with Gasteiger partial charge in [0.1, 0.15) is 10.6 Å². The van der Waals surface area contributed by atoms with E-state index in [0.717, 1.165) is 28.5 Å². The van der Waals surface area contributed by atoms with Gasteiger partial charge in [0, 0.05) is 28.9 Å². The zero-order chi connectivity index (χ0) is 26.8. The maximum Gasteiger partial charge on any atom is 0.416 e. The van der Waals surface area contributed by atoms with Gasteiger partial charge in [0.25, 0.3) is 0 Å². The smallest absolute Gasteiger partial charge is 0.416 e. The number of benzene rings is 2. The molecule has 0 aliphatic carbocycles. The first kappa shape index (κ1) is 26.4. The summed E-state index contributed by atoms with van der Waals surface area (Å²) in [6.07, 6.45) is -1.54. The van der Waals surface area contributed by atoms with Crippen molar-refractivity contribution in [3.8, 4) is 10.6 Å². The highest BCUT2D eigenvalue weighted by Gasteiger charge is 2.31. The summed E-state index contributed by atoms with van der Waals surface area (Å²) in [7, 11) is 0. The topological polar surface area (TPSA) is 107 Å². The Morgan fingerprint density at radius 1 is 1.05 bits per heavy atom. The Balaban J connectivity index is 1.58. The maximum absolute atomic E-state index is 13.1. The number of hydrogen-bond donors (Lipinski definition) is 1. The molecule has 0 bridgehead atoms. The molecular weight excluding hydrogens is 505 g/mol. The van der Waals surface area contributed by atoms with Crippen LogP contribution in [-0.4, -0.2) is 44.7 Å². The van der Waals surface area contributed by atoms with Crippen LogP contribution in [0.15, 0.2) is 54.9 Å². The Morgan fingerprint density at radius 2 is 1.76 bits per heavy atom. The second-order valence-electron chi connectivity index (χ2n) is 9.44. The van der Waals surface area contributed by atoms with Crippen molar-refractivity contribution in [1.82, 2.24) is 20.4 Å². The van der Waals surface area contributed by atoms with Gasteiger partial charge in [-0.3, -0.25) is 0 Å². The number of rotatable bonds is 6. The van der Waals surface area contributed by atoms with E-state index in [9.17, 15) is 18.0 Å². The molecular formula is C25H25F3N6O2S. The van der Waals surface area contributed by atoms with Crippen LogP contribution in [0.1, 0.15) is 31.9 Å². The minimum Gasteiger partial charge on any atom is -0.443 e. The second-order valence-corrected chi connectivity index (χ2v) is 10.4. The van der Waals surface area contributed by atoms with Crippen LogP contribution < -0.4 is 10.6 Å². The van der Waals surface area contributed by atoms with E-state index < -0.39 is 29.5 Å². The molecule has 1 unspecified atom stereocenters. The molecule has 0 saturated carbocycles. The third-order valence-electron chi connectivity index (χ3n) is 5.28. The number of carbonyl (C=O) groups excluding carboxylic acids is 1. The molecule has 8 nitrogen and oxygen atoms in total. The molecule has 1 atom stereocenters. The SMILES string of the molecule is CC(C)(C)OC(=O)N(CC(N)Cc1ccc(C(F)(F)F)cc1)c1nnc(-c2cccc3cnncc23)s1. The van der Waals surface area contributed by atoms with Gasteiger partial charge in [0.15, 0.2) is 0 Å². The number of halogens is 3. The lowest BCUT2D eigenvalue weighted by Crippen LogP contribution is -2.44. The lowest BCUT2D eigenvalue weighted by atomic mass is 10.0. The van der Waals surface area contributed by atoms with Gasteiger partial charge < -0.3 is 10.5 Å². The molecule has 0 radical (unpaired) electrons. The molecule has 0 spiro atoms. The van der Waals surface area contributed by atoms with Gasteiger partial charge >= 0.3 is 12.3 Å². The van der Waals surface area contributed by atoms with E-state index in [2.05, 4.69) is 20.4 Å². The Bertz CT molecular complexity index is 1380. The highest BCUT2D eigenvalue weighted by molar-refractivity contribution is 7.18. The van der Waals surface area contributed by atoms with Crippen molar-refractivity contribution in [2.75, 3.05) is 11.4 Å². The number of hydrogen-bond acceptors (Lipinski definition) is 8. The lowest BCUT2D eigenvalue weighted by molar-refractivity contribution is -0.137. The number of fused-ring (bicyclic) bond motifs is 1. The van der Waals surface area contributed by atoms with Gasteiger partial charge in [-0.1, -0.05) is 41.7 Å². The Kier molecular flexibility index (Phi) is 7.42. The van der Waals surface area contributed by atoms with E-state index in [1.54, 1.807) is 33.2 Å². The first-order valence-corrected chi connectivity index (χ1v) is 12.2. The molecule has 2 aromatic heterocycles. The molecule has 1 amide bonds. The maximum atomic E-state index is 13.1. The number of carbonyl (C=O) groups is 1. The van der Waals surface area contributed by atoms with Gasteiger partial charge in [-0.15, -0.1) is 10.2 Å². The average Bonchev–Trinajstić information content (AvgIpc) is 3.30. The van der Waals surface area contributed by atoms with E-state index in [0.29, 0.717) is 10.6 Å². The molecule has 2 aromatic carbocycles. The summed E-state index contributed by atoms with van der Waals surface area (Å²) in [5, 5.41) is 18.9. The lowest BCUT2D eigenvalue weighted by Gasteiger charge is -2.27. The predicted octanol–water partition coefficient (Wildman–Crippen LogP) is 5.48. The van der Waals surface area contributed by atoms with E-state index in [-0.39, 0.29) is 18.1 Å². The third kappa shape index (κ3) is 6.57. The largest absolute Gasteiger partial charge is 0.443 e. The van der Waals surface area contributed by atoms with Crippen molar-refractivity contribution >= 4 is 33.3 Å². The van der Waals surface area contributed by atoms with Crippen molar-refractivity contribution in [3.63, 3.8) is 0 Å². The van der Waals surface area contributed by atoms with Crippen molar-refractivity contribution < 1.29 is 22.7 Å². The highest BCUT2D eigenvalue weighted by atomic mass is 32.1.